The van der Waals surface area contributed by atoms with Gasteiger partial charge in [-0.15, -0.1) is 0 Å². The predicted molar refractivity (Wildman–Crippen MR) is 96.3 cm³/mol. The van der Waals surface area contributed by atoms with E-state index in [1.165, 1.54) is 13.5 Å². The molecule has 0 aromatic heterocycles. The molecule has 0 atom stereocenters. The predicted octanol–water partition coefficient (Wildman–Crippen LogP) is 3.97. The average Bonchev–Trinajstić information content (AvgIpc) is 2.58. The molecule has 0 radical (unpaired) electrons. The van der Waals surface area contributed by atoms with Crippen molar-refractivity contribution >= 4 is 5.91 Å². The minimum atomic E-state index is 0.0349. The normalized spacial score (nSPS) is 20.9. The number of carbonyl (C=O) groups excluding carboxylic acids is 1. The van der Waals surface area contributed by atoms with E-state index in [1.807, 2.05) is 0 Å². The number of rotatable bonds is 7. The van der Waals surface area contributed by atoms with Crippen LogP contribution in [0, 0.1) is 5.92 Å². The highest BCUT2D eigenvalue weighted by molar-refractivity contribution is 5.79. The molecule has 2 N–H and O–H groups in total. The van der Waals surface area contributed by atoms with Gasteiger partial charge in [-0.1, -0.05) is 31.6 Å². The first-order valence-corrected chi connectivity index (χ1v) is 8.94. The van der Waals surface area contributed by atoms with E-state index in [9.17, 15) is 9.90 Å². The van der Waals surface area contributed by atoms with Gasteiger partial charge in [0.25, 0.3) is 0 Å². The number of phenols is 1. The third kappa shape index (κ3) is 5.59. The van der Waals surface area contributed by atoms with E-state index in [-0.39, 0.29) is 17.7 Å². The fourth-order valence-corrected chi connectivity index (χ4v) is 3.21. The Morgan fingerprint density at radius 3 is 2.75 bits per heavy atom. The first kappa shape index (κ1) is 18.4. The quantitative estimate of drug-likeness (QED) is 0.743. The monoisotopic (exact) mass is 331 g/mol. The lowest BCUT2D eigenvalue weighted by atomic mass is 9.85. The van der Waals surface area contributed by atoms with Gasteiger partial charge in [0.2, 0.25) is 5.91 Å². The second-order valence-corrected chi connectivity index (χ2v) is 6.58. The van der Waals surface area contributed by atoms with Crippen molar-refractivity contribution < 1.29 is 14.6 Å². The van der Waals surface area contributed by atoms with Gasteiger partial charge < -0.3 is 15.2 Å². The van der Waals surface area contributed by atoms with Gasteiger partial charge in [-0.2, -0.15) is 0 Å². The minimum Gasteiger partial charge on any atom is -0.504 e. The maximum absolute atomic E-state index is 12.2. The second kappa shape index (κ2) is 9.36. The maximum atomic E-state index is 12.2. The Morgan fingerprint density at radius 1 is 1.33 bits per heavy atom. The van der Waals surface area contributed by atoms with Crippen molar-refractivity contribution in [2.24, 2.45) is 5.92 Å². The van der Waals surface area contributed by atoms with Crippen molar-refractivity contribution in [3.63, 3.8) is 0 Å². The van der Waals surface area contributed by atoms with E-state index in [1.54, 1.807) is 18.2 Å². The molecule has 132 valence electrons. The summed E-state index contributed by atoms with van der Waals surface area (Å²) in [6.07, 6.45) is 11.7. The molecular formula is C20H29NO3. The molecule has 1 saturated carbocycles. The van der Waals surface area contributed by atoms with Gasteiger partial charge in [0.05, 0.1) is 13.5 Å². The molecule has 1 aliphatic carbocycles. The van der Waals surface area contributed by atoms with Crippen LogP contribution in [-0.4, -0.2) is 24.2 Å². The molecule has 1 aliphatic rings. The SMILES string of the molecule is CCCC=C[C@H]1CC[C@@H](NC(=O)Cc2ccc(O)c(OC)c2)CC1. The number of hydrogen-bond acceptors (Lipinski definition) is 3. The van der Waals surface area contributed by atoms with E-state index >= 15 is 0 Å². The Morgan fingerprint density at radius 2 is 2.08 bits per heavy atom. The van der Waals surface area contributed by atoms with Gasteiger partial charge in [0.1, 0.15) is 0 Å². The highest BCUT2D eigenvalue weighted by atomic mass is 16.5. The van der Waals surface area contributed by atoms with Gasteiger partial charge >= 0.3 is 0 Å². The fraction of sp³-hybridized carbons (Fsp3) is 0.550. The molecular weight excluding hydrogens is 302 g/mol. The van der Waals surface area contributed by atoms with Crippen LogP contribution in [0.5, 0.6) is 11.5 Å². The molecule has 4 nitrogen and oxygen atoms in total. The minimum absolute atomic E-state index is 0.0349. The highest BCUT2D eigenvalue weighted by Crippen LogP contribution is 2.27. The molecule has 0 heterocycles. The molecule has 1 amide bonds. The van der Waals surface area contributed by atoms with Crippen LogP contribution in [0.3, 0.4) is 0 Å². The van der Waals surface area contributed by atoms with Gasteiger partial charge in [-0.05, 0) is 55.7 Å². The van der Waals surface area contributed by atoms with Crippen molar-refractivity contribution in [2.75, 3.05) is 7.11 Å². The lowest BCUT2D eigenvalue weighted by molar-refractivity contribution is -0.121. The largest absolute Gasteiger partial charge is 0.504 e. The van der Waals surface area contributed by atoms with E-state index in [4.69, 9.17) is 4.74 Å². The zero-order chi connectivity index (χ0) is 17.4. The Hall–Kier alpha value is -1.97. The number of unbranched alkanes of at least 4 members (excludes halogenated alkanes) is 1. The Balaban J connectivity index is 1.77. The zero-order valence-electron chi connectivity index (χ0n) is 14.8. The molecule has 2 rings (SSSR count). The molecule has 1 fully saturated rings. The summed E-state index contributed by atoms with van der Waals surface area (Å²) in [4.78, 5) is 12.2. The topological polar surface area (TPSA) is 58.6 Å². The number of methoxy groups -OCH3 is 1. The first-order chi connectivity index (χ1) is 11.6. The van der Waals surface area contributed by atoms with Gasteiger partial charge in [0.15, 0.2) is 11.5 Å². The van der Waals surface area contributed by atoms with Crippen molar-refractivity contribution in [1.82, 2.24) is 5.32 Å². The van der Waals surface area contributed by atoms with Gasteiger partial charge in [-0.25, -0.2) is 0 Å². The van der Waals surface area contributed by atoms with Crippen LogP contribution in [0.1, 0.15) is 51.0 Å². The third-order valence-corrected chi connectivity index (χ3v) is 4.61. The summed E-state index contributed by atoms with van der Waals surface area (Å²) >= 11 is 0. The first-order valence-electron chi connectivity index (χ1n) is 8.94. The average molecular weight is 331 g/mol. The van der Waals surface area contributed by atoms with Gasteiger partial charge in [-0.3, -0.25) is 4.79 Å². The Kier molecular flexibility index (Phi) is 7.16. The molecule has 0 saturated heterocycles. The molecule has 0 bridgehead atoms. The standard InChI is InChI=1S/C20H29NO3/c1-3-4-5-6-15-7-10-17(11-8-15)21-20(23)14-16-9-12-18(22)19(13-16)24-2/h5-6,9,12-13,15,17,22H,3-4,7-8,10-11,14H2,1-2H3,(H,21,23)/t15-,17+. The summed E-state index contributed by atoms with van der Waals surface area (Å²) in [5.74, 6) is 1.20. The van der Waals surface area contributed by atoms with E-state index in [2.05, 4.69) is 24.4 Å². The van der Waals surface area contributed by atoms with Crippen LogP contribution in [-0.2, 0) is 11.2 Å². The third-order valence-electron chi connectivity index (χ3n) is 4.61. The summed E-state index contributed by atoms with van der Waals surface area (Å²) in [5, 5.41) is 12.7. The number of nitrogens with one attached hydrogen (secondary N) is 1. The van der Waals surface area contributed by atoms with Crippen LogP contribution in [0.4, 0.5) is 0 Å². The number of hydrogen-bond donors (Lipinski definition) is 2. The second-order valence-electron chi connectivity index (χ2n) is 6.58. The summed E-state index contributed by atoms with van der Waals surface area (Å²) in [6.45, 7) is 2.19. The molecule has 0 unspecified atom stereocenters. The van der Waals surface area contributed by atoms with Crippen molar-refractivity contribution in [2.45, 2.75) is 57.9 Å². The van der Waals surface area contributed by atoms with Crippen LogP contribution >= 0.6 is 0 Å². The number of aromatic hydroxyl groups is 1. The van der Waals surface area contributed by atoms with E-state index in [0.29, 0.717) is 18.1 Å². The number of benzene rings is 1. The number of carbonyl (C=O) groups is 1. The summed E-state index contributed by atoms with van der Waals surface area (Å²) < 4.78 is 5.08. The Labute approximate surface area is 144 Å². The molecule has 1 aromatic rings. The maximum Gasteiger partial charge on any atom is 0.224 e. The summed E-state index contributed by atoms with van der Waals surface area (Å²) in [6, 6.07) is 5.32. The lowest BCUT2D eigenvalue weighted by Gasteiger charge is -2.27. The van der Waals surface area contributed by atoms with Crippen molar-refractivity contribution in [3.8, 4) is 11.5 Å². The molecule has 4 heteroatoms. The summed E-state index contributed by atoms with van der Waals surface area (Å²) in [5.41, 5.74) is 0.846. The molecule has 0 spiro atoms. The fourth-order valence-electron chi connectivity index (χ4n) is 3.21. The number of allylic oxidation sites excluding steroid dienone is 2. The molecule has 0 aliphatic heterocycles. The van der Waals surface area contributed by atoms with Crippen molar-refractivity contribution in [3.05, 3.63) is 35.9 Å². The number of phenolic OH excluding ortho intramolecular Hbond substituents is 1. The Bertz CT molecular complexity index is 560. The van der Waals surface area contributed by atoms with Crippen LogP contribution in [0.25, 0.3) is 0 Å². The van der Waals surface area contributed by atoms with Crippen molar-refractivity contribution in [1.29, 1.82) is 0 Å². The van der Waals surface area contributed by atoms with Crippen LogP contribution in [0.15, 0.2) is 30.4 Å². The van der Waals surface area contributed by atoms with E-state index in [0.717, 1.165) is 37.7 Å². The highest BCUT2D eigenvalue weighted by Gasteiger charge is 2.21. The van der Waals surface area contributed by atoms with Crippen LogP contribution < -0.4 is 10.1 Å². The van der Waals surface area contributed by atoms with Gasteiger partial charge in [0, 0.05) is 6.04 Å². The zero-order valence-corrected chi connectivity index (χ0v) is 14.8. The molecule has 24 heavy (non-hydrogen) atoms. The van der Waals surface area contributed by atoms with Crippen LogP contribution in [0.2, 0.25) is 0 Å². The summed E-state index contributed by atoms with van der Waals surface area (Å²) in [7, 11) is 1.51. The number of ether oxygens (including phenoxy) is 1. The lowest BCUT2D eigenvalue weighted by Crippen LogP contribution is -2.38. The smallest absolute Gasteiger partial charge is 0.224 e. The number of amides is 1. The van der Waals surface area contributed by atoms with E-state index < -0.39 is 0 Å². The molecule has 1 aromatic carbocycles.